The molecular formula is C94H90N4O6P3+3. The van der Waals surface area contributed by atoms with Gasteiger partial charge in [0.05, 0.1) is 34.6 Å². The average Bonchev–Trinajstić information content (AvgIpc) is 1.70. The normalized spacial score (nSPS) is 13.8. The van der Waals surface area contributed by atoms with E-state index < -0.39 is 39.6 Å². The van der Waals surface area contributed by atoms with Crippen molar-refractivity contribution in [1.82, 2.24) is 19.9 Å². The molecule has 2 atom stereocenters. The average molecular weight is 1460 g/mol. The van der Waals surface area contributed by atoms with E-state index in [4.69, 9.17) is 24.2 Å². The van der Waals surface area contributed by atoms with Crippen LogP contribution in [0, 0.1) is 13.8 Å². The van der Waals surface area contributed by atoms with Gasteiger partial charge >= 0.3 is 17.9 Å². The molecule has 0 aliphatic carbocycles. The van der Waals surface area contributed by atoms with Crippen molar-refractivity contribution in [3.8, 4) is 0 Å². The van der Waals surface area contributed by atoms with Gasteiger partial charge in [-0.15, -0.1) is 0 Å². The zero-order chi connectivity index (χ0) is 73.9. The van der Waals surface area contributed by atoms with Gasteiger partial charge in [-0.3, -0.25) is 14.6 Å². The number of hydrogen-bond donors (Lipinski definition) is 2. The van der Waals surface area contributed by atoms with Gasteiger partial charge < -0.3 is 24.2 Å². The summed E-state index contributed by atoms with van der Waals surface area (Å²) >= 11 is 0. The summed E-state index contributed by atoms with van der Waals surface area (Å²) in [6.45, 7) is 15.0. The Kier molecular flexibility index (Phi) is 22.6. The maximum atomic E-state index is 16.2. The molecule has 9 aromatic carbocycles. The molecule has 2 aliphatic heterocycles. The lowest BCUT2D eigenvalue weighted by molar-refractivity contribution is -0.143. The van der Waals surface area contributed by atoms with Crippen molar-refractivity contribution in [2.24, 2.45) is 0 Å². The monoisotopic (exact) mass is 1460 g/mol. The Morgan fingerprint density at radius 1 is 0.449 bits per heavy atom. The van der Waals surface area contributed by atoms with E-state index in [2.05, 4.69) is 275 Å². The molecule has 107 heavy (non-hydrogen) atoms. The van der Waals surface area contributed by atoms with Crippen molar-refractivity contribution in [2.45, 2.75) is 72.1 Å². The van der Waals surface area contributed by atoms with Gasteiger partial charge in [-0.2, -0.15) is 0 Å². The highest BCUT2D eigenvalue weighted by Crippen LogP contribution is 2.58. The second-order valence-electron chi connectivity index (χ2n) is 27.6. The number of nitrogens with one attached hydrogen (secondary N) is 2. The minimum absolute atomic E-state index is 0.0364. The second-order valence-corrected chi connectivity index (χ2v) is 38.4. The molecule has 2 aliphatic rings. The van der Waals surface area contributed by atoms with E-state index in [1.807, 2.05) is 73.7 Å². The summed E-state index contributed by atoms with van der Waals surface area (Å²) in [7, 11) is -7.28. The molecule has 5 heterocycles. The molecule has 12 aromatic rings. The standard InChI is InChI=1S/C94H89N4O6P3/c1-7-79-66(3)83-63-85-68(5)81(54-55-89(99)102-56-59-105(70-36-18-9-19-37-70,71-38-20-10-21-39-71)72-40-22-11-23-41-72)92(97-85)82(62-90(100)103-57-60-106(73-42-24-12-25-43-73,74-44-26-13-27-45-74)75-46-28-14-29-47-75)93-91(69(6)86(98-93)65-88-80(8-2)67(4)84(96-88)64-87(79)95-83)94(101)104-58-61-107(76-48-30-15-31-49-76,77-50-32-16-33-51-77)78-52-34-17-35-53-78/h7,9-53,63-65,68,81H,1,8,54-62H2,2-6H3,(H-,95,96,97,98,101)/q+2/p+1/t68-,81-/m0/s1. The molecule has 3 aromatic heterocycles. The largest absolute Gasteiger partial charge is 0.462 e. The maximum absolute atomic E-state index is 16.2. The molecule has 13 heteroatoms. The Bertz CT molecular complexity index is 5060. The summed E-state index contributed by atoms with van der Waals surface area (Å²) in [5.41, 5.74) is 10.9. The van der Waals surface area contributed by atoms with Crippen molar-refractivity contribution in [3.63, 3.8) is 0 Å². The van der Waals surface area contributed by atoms with E-state index in [-0.39, 0.29) is 50.1 Å². The first-order chi connectivity index (χ1) is 52.4. The lowest BCUT2D eigenvalue weighted by Gasteiger charge is -2.27. The van der Waals surface area contributed by atoms with Crippen LogP contribution in [0.5, 0.6) is 0 Å². The minimum atomic E-state index is -2.48. The van der Waals surface area contributed by atoms with Gasteiger partial charge in [0.2, 0.25) is 0 Å². The predicted molar refractivity (Wildman–Crippen MR) is 450 cm³/mol. The number of fused-ring (bicyclic) bond motifs is 8. The van der Waals surface area contributed by atoms with Crippen LogP contribution in [0.15, 0.2) is 298 Å². The third kappa shape index (κ3) is 14.7. The molecule has 534 valence electrons. The zero-order valence-corrected chi connectivity index (χ0v) is 64.1. The van der Waals surface area contributed by atoms with Crippen molar-refractivity contribution in [2.75, 3.05) is 38.3 Å². The summed E-state index contributed by atoms with van der Waals surface area (Å²) < 4.78 is 20.1. The van der Waals surface area contributed by atoms with Gasteiger partial charge in [0, 0.05) is 51.6 Å². The van der Waals surface area contributed by atoms with Crippen LogP contribution >= 0.6 is 21.8 Å². The van der Waals surface area contributed by atoms with Crippen molar-refractivity contribution in [1.29, 1.82) is 0 Å². The minimum Gasteiger partial charge on any atom is -0.462 e. The van der Waals surface area contributed by atoms with Gasteiger partial charge in [-0.05, 0) is 183 Å². The first-order valence-corrected chi connectivity index (χ1v) is 43.0. The van der Waals surface area contributed by atoms with Crippen LogP contribution in [0.4, 0.5) is 0 Å². The highest BCUT2D eigenvalue weighted by Gasteiger charge is 2.48. The first kappa shape index (κ1) is 73.2. The number of ether oxygens (including phenoxy) is 3. The van der Waals surface area contributed by atoms with E-state index in [1.54, 1.807) is 0 Å². The van der Waals surface area contributed by atoms with Crippen LogP contribution in [0.1, 0.15) is 107 Å². The first-order valence-electron chi connectivity index (χ1n) is 37.1. The third-order valence-electron chi connectivity index (χ3n) is 21.7. The zero-order valence-electron chi connectivity index (χ0n) is 61.4. The Morgan fingerprint density at radius 3 is 1.20 bits per heavy atom. The van der Waals surface area contributed by atoms with E-state index in [9.17, 15) is 4.79 Å². The fraction of sp³-hybridized carbons (Fsp3) is 0.181. The molecule has 10 nitrogen and oxygen atoms in total. The summed E-state index contributed by atoms with van der Waals surface area (Å²) in [6, 6.07) is 102. The van der Waals surface area contributed by atoms with Gasteiger partial charge in [0.15, 0.2) is 0 Å². The molecule has 0 fully saturated rings. The fourth-order valence-electron chi connectivity index (χ4n) is 16.2. The van der Waals surface area contributed by atoms with Crippen molar-refractivity contribution >= 4 is 127 Å². The lowest BCUT2D eigenvalue weighted by Crippen LogP contribution is -2.35. The van der Waals surface area contributed by atoms with Crippen LogP contribution in [0.2, 0.25) is 0 Å². The van der Waals surface area contributed by atoms with Crippen molar-refractivity contribution in [3.05, 3.63) is 348 Å². The van der Waals surface area contributed by atoms with Crippen LogP contribution in [-0.4, -0.2) is 76.2 Å². The number of esters is 3. The molecule has 8 bridgehead atoms. The Hall–Kier alpha value is -10.7. The van der Waals surface area contributed by atoms with Crippen LogP contribution in [0.3, 0.4) is 0 Å². The summed E-state index contributed by atoms with van der Waals surface area (Å²) in [5, 5.41) is 10.6. The fourth-order valence-corrected chi connectivity index (χ4v) is 28.4. The molecule has 0 saturated carbocycles. The smallest absolute Gasteiger partial charge is 0.340 e. The quantitative estimate of drug-likeness (QED) is 0.0311. The van der Waals surface area contributed by atoms with Crippen LogP contribution < -0.4 is 47.7 Å². The molecular weight excluding hydrogens is 1370 g/mol. The predicted octanol–water partition coefficient (Wildman–Crippen LogP) is 17.4. The molecule has 14 rings (SSSR count). The summed E-state index contributed by atoms with van der Waals surface area (Å²) in [6.07, 6.45) is 4.21. The van der Waals surface area contributed by atoms with E-state index in [1.165, 1.54) is 31.8 Å². The summed E-state index contributed by atoms with van der Waals surface area (Å²) in [4.78, 5) is 65.7. The lowest BCUT2D eigenvalue weighted by atomic mass is 9.85. The number of aryl methyl sites for hydroxylation is 2. The number of carbonyl (C=O) groups excluding carboxylic acids is 3. The Balaban J connectivity index is 0.918. The molecule has 0 radical (unpaired) electrons. The SMILES string of the molecule is C=Cc1c(C)c2cc3nc(c(CC(=O)OCC[P+](c4ccccc4)(c4ccccc4)c4ccccc4)c4[nH]c(cc5nc(cc1[nH]2)C(C)=C5CC)c(C)c4C(=O)OCC[P+](c1ccccc1)(c1ccccc1)c1ccccc1)[C@@H](CCC(=O)OCC[P+](c1ccccc1)(c1ccccc1)c1ccccc1)[C@@H]3C. The van der Waals surface area contributed by atoms with Gasteiger partial charge in [-0.25, -0.2) is 9.78 Å². The number of rotatable bonds is 26. The van der Waals surface area contributed by atoms with Gasteiger partial charge in [0.1, 0.15) is 108 Å². The number of carbonyl (C=O) groups is 3. The van der Waals surface area contributed by atoms with E-state index in [0.717, 1.165) is 66.3 Å². The number of aromatic amines is 2. The Morgan fingerprint density at radius 2 is 0.813 bits per heavy atom. The van der Waals surface area contributed by atoms with E-state index >= 15 is 9.59 Å². The highest BCUT2D eigenvalue weighted by molar-refractivity contribution is 7.96. The third-order valence-corrected chi connectivity index (χ3v) is 34.9. The van der Waals surface area contributed by atoms with E-state index in [0.29, 0.717) is 59.2 Å². The molecule has 0 spiro atoms. The number of aromatic nitrogens is 4. The molecule has 2 N–H and O–H groups in total. The topological polar surface area (TPSA) is 136 Å². The van der Waals surface area contributed by atoms with Crippen LogP contribution in [-0.2, 0) is 30.2 Å². The number of allylic oxidation sites excluding steroid dienone is 2. The van der Waals surface area contributed by atoms with Crippen molar-refractivity contribution < 1.29 is 28.6 Å². The van der Waals surface area contributed by atoms with Gasteiger partial charge in [0.25, 0.3) is 0 Å². The molecule has 0 unspecified atom stereocenters. The number of H-pyrrole nitrogens is 2. The number of benzene rings is 9. The molecule has 0 amide bonds. The highest BCUT2D eigenvalue weighted by atomic mass is 31.2. The molecule has 0 saturated heterocycles. The number of nitrogens with zero attached hydrogens (tertiary/aromatic N) is 2. The van der Waals surface area contributed by atoms with Gasteiger partial charge in [-0.1, -0.05) is 190 Å². The number of hydrogen-bond acceptors (Lipinski definition) is 8. The Labute approximate surface area is 630 Å². The van der Waals surface area contributed by atoms with Crippen LogP contribution in [0.25, 0.3) is 39.3 Å². The maximum Gasteiger partial charge on any atom is 0.340 e. The second kappa shape index (κ2) is 33.0. The summed E-state index contributed by atoms with van der Waals surface area (Å²) in [5.74, 6) is -2.21.